The van der Waals surface area contributed by atoms with Gasteiger partial charge in [-0.3, -0.25) is 4.79 Å². The molecule has 0 unspecified atom stereocenters. The maximum Gasteiger partial charge on any atom is 0.339 e. The maximum absolute atomic E-state index is 13.1. The molecule has 0 aliphatic heterocycles. The van der Waals surface area contributed by atoms with Crippen LogP contribution in [0, 0.1) is 0 Å². The number of hydrogen-bond acceptors (Lipinski definition) is 6. The van der Waals surface area contributed by atoms with E-state index in [4.69, 9.17) is 19.2 Å². The zero-order chi connectivity index (χ0) is 25.1. The van der Waals surface area contributed by atoms with E-state index in [1.165, 1.54) is 0 Å². The first-order valence-corrected chi connectivity index (χ1v) is 11.4. The third-order valence-corrected chi connectivity index (χ3v) is 6.03. The van der Waals surface area contributed by atoms with Crippen molar-refractivity contribution in [1.82, 2.24) is 4.98 Å². The van der Waals surface area contributed by atoms with Crippen molar-refractivity contribution in [2.75, 3.05) is 20.8 Å². The summed E-state index contributed by atoms with van der Waals surface area (Å²) in [6.07, 6.45) is 0. The van der Waals surface area contributed by atoms with Gasteiger partial charge in [0.15, 0.2) is 12.4 Å². The van der Waals surface area contributed by atoms with Gasteiger partial charge in [-0.05, 0) is 65.4 Å². The fourth-order valence-electron chi connectivity index (χ4n) is 4.07. The van der Waals surface area contributed by atoms with E-state index in [9.17, 15) is 9.59 Å². The third kappa shape index (κ3) is 4.61. The number of methoxy groups -OCH3 is 2. The second-order valence-corrected chi connectivity index (χ2v) is 8.23. The van der Waals surface area contributed by atoms with Gasteiger partial charge in [0.1, 0.15) is 11.5 Å². The van der Waals surface area contributed by atoms with E-state index in [2.05, 4.69) is 0 Å². The molecule has 4 aromatic carbocycles. The number of pyridine rings is 1. The molecule has 6 heteroatoms. The summed E-state index contributed by atoms with van der Waals surface area (Å²) in [6.45, 7) is -0.366. The van der Waals surface area contributed by atoms with E-state index in [1.807, 2.05) is 72.8 Å². The standard InChI is InChI=1S/C30H23NO5/c1-34-23-12-9-19(10-13-23)28-17-26(25-5-3-4-6-27(25)31-28)30(33)36-18-29(32)22-8-7-21-16-24(35-2)14-11-20(21)15-22/h3-17H,18H2,1-2H3. The third-order valence-electron chi connectivity index (χ3n) is 6.03. The van der Waals surface area contributed by atoms with Crippen molar-refractivity contribution < 1.29 is 23.8 Å². The molecule has 1 heterocycles. The minimum atomic E-state index is -0.581. The summed E-state index contributed by atoms with van der Waals surface area (Å²) in [7, 11) is 3.22. The number of para-hydroxylation sites is 1. The van der Waals surface area contributed by atoms with E-state index >= 15 is 0 Å². The lowest BCUT2D eigenvalue weighted by Crippen LogP contribution is -2.15. The number of benzene rings is 4. The number of esters is 1. The molecular formula is C30H23NO5. The van der Waals surface area contributed by atoms with Crippen LogP contribution in [-0.2, 0) is 4.74 Å². The fraction of sp³-hybridized carbons (Fsp3) is 0.100. The lowest BCUT2D eigenvalue weighted by Gasteiger charge is -2.11. The van der Waals surface area contributed by atoms with Crippen LogP contribution in [0.2, 0.25) is 0 Å². The predicted molar refractivity (Wildman–Crippen MR) is 139 cm³/mol. The SMILES string of the molecule is COc1ccc(-c2cc(C(=O)OCC(=O)c3ccc4cc(OC)ccc4c3)c3ccccc3n2)cc1. The highest BCUT2D eigenvalue weighted by molar-refractivity contribution is 6.06. The number of nitrogens with zero attached hydrogens (tertiary/aromatic N) is 1. The number of carbonyl (C=O) groups is 2. The van der Waals surface area contributed by atoms with Gasteiger partial charge < -0.3 is 14.2 Å². The van der Waals surface area contributed by atoms with Crippen LogP contribution in [0.4, 0.5) is 0 Å². The van der Waals surface area contributed by atoms with Crippen molar-refractivity contribution in [3.05, 3.63) is 102 Å². The Kier molecular flexibility index (Phi) is 6.33. The largest absolute Gasteiger partial charge is 0.497 e. The van der Waals surface area contributed by atoms with Crippen LogP contribution < -0.4 is 9.47 Å². The lowest BCUT2D eigenvalue weighted by atomic mass is 10.0. The smallest absolute Gasteiger partial charge is 0.339 e. The molecule has 0 fully saturated rings. The lowest BCUT2D eigenvalue weighted by molar-refractivity contribution is 0.0476. The van der Waals surface area contributed by atoms with E-state index in [0.29, 0.717) is 27.7 Å². The molecule has 0 atom stereocenters. The summed E-state index contributed by atoms with van der Waals surface area (Å²) < 4.78 is 16.0. The van der Waals surface area contributed by atoms with Gasteiger partial charge in [0.05, 0.1) is 31.0 Å². The molecule has 0 saturated carbocycles. The van der Waals surface area contributed by atoms with Crippen LogP contribution in [0.25, 0.3) is 32.9 Å². The first kappa shape index (κ1) is 23.1. The summed E-state index contributed by atoms with van der Waals surface area (Å²) in [5, 5.41) is 2.52. The summed E-state index contributed by atoms with van der Waals surface area (Å²) >= 11 is 0. The van der Waals surface area contributed by atoms with Gasteiger partial charge in [-0.25, -0.2) is 9.78 Å². The average molecular weight is 478 g/mol. The van der Waals surface area contributed by atoms with Crippen molar-refractivity contribution in [2.24, 2.45) is 0 Å². The van der Waals surface area contributed by atoms with E-state index in [1.54, 1.807) is 32.4 Å². The quantitative estimate of drug-likeness (QED) is 0.208. The number of aromatic nitrogens is 1. The van der Waals surface area contributed by atoms with Crippen LogP contribution in [-0.4, -0.2) is 37.6 Å². The van der Waals surface area contributed by atoms with Gasteiger partial charge in [-0.1, -0.05) is 36.4 Å². The highest BCUT2D eigenvalue weighted by Gasteiger charge is 2.17. The highest BCUT2D eigenvalue weighted by Crippen LogP contribution is 2.27. The van der Waals surface area contributed by atoms with Gasteiger partial charge in [0, 0.05) is 16.5 Å². The number of fused-ring (bicyclic) bond motifs is 2. The van der Waals surface area contributed by atoms with Crippen LogP contribution >= 0.6 is 0 Å². The monoisotopic (exact) mass is 477 g/mol. The zero-order valence-corrected chi connectivity index (χ0v) is 19.9. The molecule has 1 aromatic heterocycles. The van der Waals surface area contributed by atoms with E-state index in [-0.39, 0.29) is 12.4 Å². The first-order valence-electron chi connectivity index (χ1n) is 11.4. The number of rotatable bonds is 7. The van der Waals surface area contributed by atoms with Gasteiger partial charge in [0.2, 0.25) is 0 Å². The Hall–Kier alpha value is -4.71. The molecule has 5 aromatic rings. The topological polar surface area (TPSA) is 74.7 Å². The van der Waals surface area contributed by atoms with Gasteiger partial charge >= 0.3 is 5.97 Å². The second kappa shape index (κ2) is 9.88. The summed E-state index contributed by atoms with van der Waals surface area (Å²) in [4.78, 5) is 30.7. The number of carbonyl (C=O) groups excluding carboxylic acids is 2. The Labute approximate surface area is 208 Å². The number of Topliss-reactive ketones (excluding diaryl/α,β-unsaturated/α-hetero) is 1. The van der Waals surface area contributed by atoms with Crippen molar-refractivity contribution in [3.63, 3.8) is 0 Å². The Morgan fingerprint density at radius 2 is 1.44 bits per heavy atom. The molecule has 178 valence electrons. The molecular weight excluding hydrogens is 454 g/mol. The molecule has 6 nitrogen and oxygen atoms in total. The first-order chi connectivity index (χ1) is 17.6. The van der Waals surface area contributed by atoms with Crippen molar-refractivity contribution in [1.29, 1.82) is 0 Å². The number of ketones is 1. The molecule has 0 N–H and O–H groups in total. The Bertz CT molecular complexity index is 1590. The van der Waals surface area contributed by atoms with Crippen molar-refractivity contribution in [2.45, 2.75) is 0 Å². The molecule has 0 radical (unpaired) electrons. The maximum atomic E-state index is 13.1. The highest BCUT2D eigenvalue weighted by atomic mass is 16.5. The Morgan fingerprint density at radius 1 is 0.750 bits per heavy atom. The van der Waals surface area contributed by atoms with Crippen LogP contribution in [0.3, 0.4) is 0 Å². The number of ether oxygens (including phenoxy) is 3. The van der Waals surface area contributed by atoms with E-state index in [0.717, 1.165) is 27.8 Å². The molecule has 36 heavy (non-hydrogen) atoms. The summed E-state index contributed by atoms with van der Waals surface area (Å²) in [6, 6.07) is 27.5. The summed E-state index contributed by atoms with van der Waals surface area (Å²) in [5.41, 5.74) is 2.94. The molecule has 0 amide bonds. The second-order valence-electron chi connectivity index (χ2n) is 8.23. The molecule has 0 spiro atoms. The fourth-order valence-corrected chi connectivity index (χ4v) is 4.07. The van der Waals surface area contributed by atoms with Gasteiger partial charge in [-0.15, -0.1) is 0 Å². The summed E-state index contributed by atoms with van der Waals surface area (Å²) in [5.74, 6) is 0.608. The van der Waals surface area contributed by atoms with Crippen LogP contribution in [0.15, 0.2) is 91.0 Å². The van der Waals surface area contributed by atoms with Gasteiger partial charge in [-0.2, -0.15) is 0 Å². The van der Waals surface area contributed by atoms with E-state index < -0.39 is 5.97 Å². The molecule has 0 saturated heterocycles. The molecule has 0 aliphatic carbocycles. The zero-order valence-electron chi connectivity index (χ0n) is 19.9. The molecule has 0 aliphatic rings. The van der Waals surface area contributed by atoms with Crippen LogP contribution in [0.5, 0.6) is 11.5 Å². The average Bonchev–Trinajstić information content (AvgIpc) is 2.94. The van der Waals surface area contributed by atoms with Crippen molar-refractivity contribution >= 4 is 33.4 Å². The Balaban J connectivity index is 1.39. The van der Waals surface area contributed by atoms with Gasteiger partial charge in [0.25, 0.3) is 0 Å². The van der Waals surface area contributed by atoms with Crippen molar-refractivity contribution in [3.8, 4) is 22.8 Å². The predicted octanol–water partition coefficient (Wildman–Crippen LogP) is 6.11. The Morgan fingerprint density at radius 3 is 2.22 bits per heavy atom. The van der Waals surface area contributed by atoms with Crippen LogP contribution in [0.1, 0.15) is 20.7 Å². The minimum Gasteiger partial charge on any atom is -0.497 e. The number of hydrogen-bond donors (Lipinski definition) is 0. The molecule has 0 bridgehead atoms. The minimum absolute atomic E-state index is 0.283. The molecule has 5 rings (SSSR count). The normalized spacial score (nSPS) is 10.8.